The fourth-order valence-corrected chi connectivity index (χ4v) is 2.19. The number of benzene rings is 1. The van der Waals surface area contributed by atoms with Crippen molar-refractivity contribution in [3.05, 3.63) is 42.5 Å². The van der Waals surface area contributed by atoms with Gasteiger partial charge in [-0.2, -0.15) is 0 Å². The van der Waals surface area contributed by atoms with Gasteiger partial charge in [0.2, 0.25) is 5.91 Å². The molecule has 3 N–H and O–H groups in total. The molecule has 0 saturated carbocycles. The van der Waals surface area contributed by atoms with Crippen LogP contribution in [-0.2, 0) is 4.79 Å². The minimum atomic E-state index is -1.04. The molecule has 5 nitrogen and oxygen atoms in total. The molecule has 22 heavy (non-hydrogen) atoms. The first kappa shape index (κ1) is 16.1. The normalized spacial score (nSPS) is 19.8. The van der Waals surface area contributed by atoms with Gasteiger partial charge >= 0.3 is 0 Å². The molecule has 1 amide bonds. The zero-order chi connectivity index (χ0) is 16.0. The molecule has 1 aromatic carbocycles. The maximum Gasteiger partial charge on any atom is 0.248 e. The van der Waals surface area contributed by atoms with Crippen LogP contribution in [0.1, 0.15) is 20.3 Å². The van der Waals surface area contributed by atoms with Crippen LogP contribution >= 0.6 is 0 Å². The van der Waals surface area contributed by atoms with E-state index in [0.717, 1.165) is 0 Å². The Balaban J connectivity index is 2.22. The van der Waals surface area contributed by atoms with Crippen LogP contribution in [0.5, 0.6) is 11.5 Å². The standard InChI is InChI=1S/C17H22N2O3/c1-3-21-13-8-9-15(22-4-2)14(12-13)19-16(20)17(18)10-6-5-7-11-17/h5-10,12H,3-4,11,18H2,1-2H3,(H,19,20). The van der Waals surface area contributed by atoms with E-state index in [0.29, 0.717) is 36.8 Å². The first-order chi connectivity index (χ1) is 10.6. The van der Waals surface area contributed by atoms with Gasteiger partial charge in [0.05, 0.1) is 18.9 Å². The Labute approximate surface area is 130 Å². The molecule has 0 heterocycles. The molecule has 0 fully saturated rings. The maximum absolute atomic E-state index is 12.5. The Hall–Kier alpha value is -2.27. The molecule has 1 atom stereocenters. The summed E-state index contributed by atoms with van der Waals surface area (Å²) in [4.78, 5) is 12.5. The highest BCUT2D eigenvalue weighted by molar-refractivity contribution is 6.01. The van der Waals surface area contributed by atoms with Gasteiger partial charge in [-0.15, -0.1) is 0 Å². The van der Waals surface area contributed by atoms with E-state index in [-0.39, 0.29) is 5.91 Å². The van der Waals surface area contributed by atoms with Crippen molar-refractivity contribution >= 4 is 11.6 Å². The van der Waals surface area contributed by atoms with E-state index in [1.807, 2.05) is 32.1 Å². The summed E-state index contributed by atoms with van der Waals surface area (Å²) in [7, 11) is 0. The Bertz CT molecular complexity index is 596. The third-order valence-electron chi connectivity index (χ3n) is 3.33. The predicted molar refractivity (Wildman–Crippen MR) is 87.2 cm³/mol. The number of ether oxygens (including phenoxy) is 2. The van der Waals surface area contributed by atoms with Crippen LogP contribution in [-0.4, -0.2) is 24.7 Å². The molecular weight excluding hydrogens is 280 g/mol. The van der Waals surface area contributed by atoms with Gasteiger partial charge in [-0.1, -0.05) is 24.3 Å². The second-order valence-corrected chi connectivity index (χ2v) is 5.01. The van der Waals surface area contributed by atoms with Gasteiger partial charge in [0.25, 0.3) is 0 Å². The minimum absolute atomic E-state index is 0.275. The second kappa shape index (κ2) is 7.13. The molecule has 0 aromatic heterocycles. The number of carbonyl (C=O) groups is 1. The van der Waals surface area contributed by atoms with E-state index >= 15 is 0 Å². The average Bonchev–Trinajstić information content (AvgIpc) is 2.51. The Morgan fingerprint density at radius 3 is 2.68 bits per heavy atom. The first-order valence-electron chi connectivity index (χ1n) is 7.43. The van der Waals surface area contributed by atoms with Crippen molar-refractivity contribution < 1.29 is 14.3 Å². The smallest absolute Gasteiger partial charge is 0.248 e. The summed E-state index contributed by atoms with van der Waals surface area (Å²) in [6, 6.07) is 5.34. The van der Waals surface area contributed by atoms with Crippen LogP contribution < -0.4 is 20.5 Å². The Morgan fingerprint density at radius 2 is 2.05 bits per heavy atom. The number of carbonyl (C=O) groups excluding carboxylic acids is 1. The number of allylic oxidation sites excluding steroid dienone is 2. The van der Waals surface area contributed by atoms with E-state index in [1.165, 1.54) is 0 Å². The van der Waals surface area contributed by atoms with Gasteiger partial charge in [-0.05, 0) is 32.4 Å². The molecule has 0 spiro atoms. The van der Waals surface area contributed by atoms with E-state index in [1.54, 1.807) is 24.3 Å². The molecule has 1 unspecified atom stereocenters. The molecule has 118 valence electrons. The van der Waals surface area contributed by atoms with Crippen molar-refractivity contribution in [3.63, 3.8) is 0 Å². The molecular formula is C17H22N2O3. The van der Waals surface area contributed by atoms with Crippen molar-refractivity contribution in [2.45, 2.75) is 25.8 Å². The van der Waals surface area contributed by atoms with E-state index in [9.17, 15) is 4.79 Å². The number of hydrogen-bond acceptors (Lipinski definition) is 4. The summed E-state index contributed by atoms with van der Waals surface area (Å²) in [5, 5.41) is 2.85. The minimum Gasteiger partial charge on any atom is -0.494 e. The molecule has 2 rings (SSSR count). The van der Waals surface area contributed by atoms with Crippen molar-refractivity contribution in [3.8, 4) is 11.5 Å². The van der Waals surface area contributed by atoms with Crippen molar-refractivity contribution in [2.24, 2.45) is 5.73 Å². The lowest BCUT2D eigenvalue weighted by Crippen LogP contribution is -2.49. The molecule has 5 heteroatoms. The largest absolute Gasteiger partial charge is 0.494 e. The van der Waals surface area contributed by atoms with Gasteiger partial charge in [0.1, 0.15) is 17.0 Å². The Morgan fingerprint density at radius 1 is 1.27 bits per heavy atom. The summed E-state index contributed by atoms with van der Waals surface area (Å²) < 4.78 is 11.0. The quantitative estimate of drug-likeness (QED) is 0.847. The van der Waals surface area contributed by atoms with E-state index in [4.69, 9.17) is 15.2 Å². The highest BCUT2D eigenvalue weighted by Gasteiger charge is 2.31. The fourth-order valence-electron chi connectivity index (χ4n) is 2.19. The zero-order valence-electron chi connectivity index (χ0n) is 13.0. The zero-order valence-corrected chi connectivity index (χ0v) is 13.0. The number of anilines is 1. The van der Waals surface area contributed by atoms with Crippen LogP contribution in [0.2, 0.25) is 0 Å². The summed E-state index contributed by atoms with van der Waals surface area (Å²) in [6.45, 7) is 4.85. The first-order valence-corrected chi connectivity index (χ1v) is 7.43. The third-order valence-corrected chi connectivity index (χ3v) is 3.33. The average molecular weight is 302 g/mol. The lowest BCUT2D eigenvalue weighted by atomic mass is 9.91. The summed E-state index contributed by atoms with van der Waals surface area (Å²) in [5.74, 6) is 0.993. The summed E-state index contributed by atoms with van der Waals surface area (Å²) in [6.07, 6.45) is 7.70. The Kier molecular flexibility index (Phi) is 5.22. The van der Waals surface area contributed by atoms with Gasteiger partial charge in [-0.25, -0.2) is 0 Å². The molecule has 0 saturated heterocycles. The van der Waals surface area contributed by atoms with Gasteiger partial charge in [0.15, 0.2) is 0 Å². The monoisotopic (exact) mass is 302 g/mol. The van der Waals surface area contributed by atoms with Crippen molar-refractivity contribution in [2.75, 3.05) is 18.5 Å². The number of hydrogen-bond donors (Lipinski definition) is 2. The van der Waals surface area contributed by atoms with Crippen molar-refractivity contribution in [1.29, 1.82) is 0 Å². The van der Waals surface area contributed by atoms with Crippen LogP contribution in [0.4, 0.5) is 5.69 Å². The fraction of sp³-hybridized carbons (Fsp3) is 0.353. The van der Waals surface area contributed by atoms with Gasteiger partial charge in [0, 0.05) is 6.07 Å². The SMILES string of the molecule is CCOc1ccc(OCC)c(NC(=O)C2(N)C=CC=CC2)c1. The number of nitrogens with two attached hydrogens (primary N) is 1. The third kappa shape index (κ3) is 3.68. The van der Waals surface area contributed by atoms with E-state index < -0.39 is 5.54 Å². The molecule has 1 aliphatic rings. The van der Waals surface area contributed by atoms with Crippen LogP contribution in [0.15, 0.2) is 42.5 Å². The van der Waals surface area contributed by atoms with Gasteiger partial charge < -0.3 is 20.5 Å². The van der Waals surface area contributed by atoms with Crippen LogP contribution in [0.3, 0.4) is 0 Å². The summed E-state index contributed by atoms with van der Waals surface area (Å²) in [5.41, 5.74) is 5.67. The highest BCUT2D eigenvalue weighted by atomic mass is 16.5. The number of amides is 1. The van der Waals surface area contributed by atoms with Gasteiger partial charge in [-0.3, -0.25) is 4.79 Å². The number of rotatable bonds is 6. The highest BCUT2D eigenvalue weighted by Crippen LogP contribution is 2.30. The predicted octanol–water partition coefficient (Wildman–Crippen LogP) is 2.64. The van der Waals surface area contributed by atoms with E-state index in [2.05, 4.69) is 5.32 Å². The topological polar surface area (TPSA) is 73.6 Å². The maximum atomic E-state index is 12.5. The molecule has 1 aliphatic carbocycles. The second-order valence-electron chi connectivity index (χ2n) is 5.01. The van der Waals surface area contributed by atoms with Crippen LogP contribution in [0.25, 0.3) is 0 Å². The molecule has 1 aromatic rings. The molecule has 0 bridgehead atoms. The lowest BCUT2D eigenvalue weighted by Gasteiger charge is -2.25. The summed E-state index contributed by atoms with van der Waals surface area (Å²) >= 11 is 0. The molecule has 0 aliphatic heterocycles. The van der Waals surface area contributed by atoms with Crippen molar-refractivity contribution in [1.82, 2.24) is 0 Å². The molecule has 0 radical (unpaired) electrons. The number of nitrogens with one attached hydrogen (secondary N) is 1. The van der Waals surface area contributed by atoms with Crippen LogP contribution in [0, 0.1) is 0 Å². The lowest BCUT2D eigenvalue weighted by molar-refractivity contribution is -0.119.